The molecule has 0 saturated heterocycles. The molecule has 94 valence electrons. The number of aromatic nitrogens is 2. The maximum absolute atomic E-state index is 11.1. The van der Waals surface area contributed by atoms with Gasteiger partial charge < -0.3 is 0 Å². The van der Waals surface area contributed by atoms with Gasteiger partial charge >= 0.3 is 0 Å². The first-order valence-corrected chi connectivity index (χ1v) is 6.73. The zero-order valence-electron chi connectivity index (χ0n) is 10.9. The summed E-state index contributed by atoms with van der Waals surface area (Å²) in [4.78, 5) is 11.1. The van der Waals surface area contributed by atoms with Gasteiger partial charge in [-0.1, -0.05) is 26.7 Å². The lowest BCUT2D eigenvalue weighted by atomic mass is 10.0. The van der Waals surface area contributed by atoms with Crippen molar-refractivity contribution in [3.05, 3.63) is 17.5 Å². The molecule has 1 heterocycles. The molecule has 17 heavy (non-hydrogen) atoms. The van der Waals surface area contributed by atoms with Gasteiger partial charge in [-0.15, -0.1) is 0 Å². The number of aldehydes is 1. The fourth-order valence-electron chi connectivity index (χ4n) is 2.56. The normalized spacial score (nSPS) is 16.9. The number of carbonyl (C=O) groups is 1. The second-order valence-electron chi connectivity index (χ2n) is 5.51. The fourth-order valence-corrected chi connectivity index (χ4v) is 2.56. The third-order valence-corrected chi connectivity index (χ3v) is 3.62. The van der Waals surface area contributed by atoms with Crippen molar-refractivity contribution in [2.24, 2.45) is 5.92 Å². The first-order valence-electron chi connectivity index (χ1n) is 6.73. The summed E-state index contributed by atoms with van der Waals surface area (Å²) in [5, 5.41) is 4.62. The Morgan fingerprint density at radius 3 is 2.76 bits per heavy atom. The first-order chi connectivity index (χ1) is 8.20. The molecule has 3 heteroatoms. The van der Waals surface area contributed by atoms with Crippen LogP contribution in [0.1, 0.15) is 67.9 Å². The number of nitrogens with zero attached hydrogens (tertiary/aromatic N) is 2. The van der Waals surface area contributed by atoms with Crippen LogP contribution in [0, 0.1) is 5.92 Å². The van der Waals surface area contributed by atoms with Crippen molar-refractivity contribution in [2.75, 3.05) is 0 Å². The monoisotopic (exact) mass is 234 g/mol. The summed E-state index contributed by atoms with van der Waals surface area (Å²) >= 11 is 0. The van der Waals surface area contributed by atoms with E-state index < -0.39 is 0 Å². The minimum atomic E-state index is 0.524. The Balaban J connectivity index is 2.11. The summed E-state index contributed by atoms with van der Waals surface area (Å²) in [6.07, 6.45) is 8.95. The van der Waals surface area contributed by atoms with Gasteiger partial charge in [0.1, 0.15) is 0 Å². The van der Waals surface area contributed by atoms with E-state index in [-0.39, 0.29) is 0 Å². The molecule has 0 unspecified atom stereocenters. The molecule has 0 N–H and O–H groups in total. The molecule has 1 aromatic rings. The van der Waals surface area contributed by atoms with Crippen molar-refractivity contribution in [1.82, 2.24) is 9.78 Å². The highest BCUT2D eigenvalue weighted by Gasteiger charge is 2.22. The highest BCUT2D eigenvalue weighted by Crippen LogP contribution is 2.34. The van der Waals surface area contributed by atoms with E-state index in [4.69, 9.17) is 0 Å². The van der Waals surface area contributed by atoms with Crippen LogP contribution in [-0.2, 0) is 6.54 Å². The van der Waals surface area contributed by atoms with Gasteiger partial charge in [0, 0.05) is 18.7 Å². The summed E-state index contributed by atoms with van der Waals surface area (Å²) < 4.78 is 1.96. The zero-order valence-corrected chi connectivity index (χ0v) is 10.9. The molecule has 1 aliphatic carbocycles. The van der Waals surface area contributed by atoms with Gasteiger partial charge in [0.2, 0.25) is 0 Å². The zero-order chi connectivity index (χ0) is 12.3. The number of hydrogen-bond acceptors (Lipinski definition) is 2. The van der Waals surface area contributed by atoms with E-state index in [1.54, 1.807) is 0 Å². The highest BCUT2D eigenvalue weighted by atomic mass is 16.1. The van der Waals surface area contributed by atoms with E-state index in [1.165, 1.54) is 25.7 Å². The Morgan fingerprint density at radius 1 is 1.47 bits per heavy atom. The predicted molar refractivity (Wildman–Crippen MR) is 68.3 cm³/mol. The summed E-state index contributed by atoms with van der Waals surface area (Å²) in [7, 11) is 0. The molecule has 1 aliphatic rings. The number of carbonyl (C=O) groups excluding carboxylic acids is 1. The number of aryl methyl sites for hydroxylation is 1. The van der Waals surface area contributed by atoms with Crippen LogP contribution >= 0.6 is 0 Å². The van der Waals surface area contributed by atoms with Gasteiger partial charge in [-0.25, -0.2) is 0 Å². The summed E-state index contributed by atoms with van der Waals surface area (Å²) in [5.74, 6) is 1.20. The third kappa shape index (κ3) is 2.96. The smallest absolute Gasteiger partial charge is 0.153 e. The average molecular weight is 234 g/mol. The molecular formula is C14H22N2O. The molecule has 0 amide bonds. The maximum Gasteiger partial charge on any atom is 0.153 e. The Hall–Kier alpha value is -1.12. The second kappa shape index (κ2) is 5.48. The largest absolute Gasteiger partial charge is 0.298 e. The van der Waals surface area contributed by atoms with Crippen molar-refractivity contribution < 1.29 is 4.79 Å². The molecule has 0 bridgehead atoms. The molecule has 3 nitrogen and oxygen atoms in total. The first kappa shape index (κ1) is 12.3. The fraction of sp³-hybridized carbons (Fsp3) is 0.714. The lowest BCUT2D eigenvalue weighted by Gasteiger charge is -2.06. The number of hydrogen-bond donors (Lipinski definition) is 0. The number of rotatable bonds is 5. The van der Waals surface area contributed by atoms with Crippen molar-refractivity contribution in [3.8, 4) is 0 Å². The van der Waals surface area contributed by atoms with Crippen molar-refractivity contribution in [3.63, 3.8) is 0 Å². The van der Waals surface area contributed by atoms with E-state index in [1.807, 2.05) is 10.9 Å². The van der Waals surface area contributed by atoms with Gasteiger partial charge in [0.05, 0.1) is 11.3 Å². The van der Waals surface area contributed by atoms with Gasteiger partial charge in [0.25, 0.3) is 0 Å². The van der Waals surface area contributed by atoms with Gasteiger partial charge in [-0.3, -0.25) is 9.48 Å². The third-order valence-electron chi connectivity index (χ3n) is 3.62. The van der Waals surface area contributed by atoms with E-state index >= 15 is 0 Å². The minimum absolute atomic E-state index is 0.524. The van der Waals surface area contributed by atoms with Crippen LogP contribution in [0.3, 0.4) is 0 Å². The standard InChI is InChI=1S/C14H22N2O/c1-11(2)7-8-16-9-13(10-17)14(15-16)12-5-3-4-6-12/h9-12H,3-8H2,1-2H3. The highest BCUT2D eigenvalue weighted by molar-refractivity contribution is 5.76. The molecule has 0 aromatic carbocycles. The Kier molecular flexibility index (Phi) is 3.97. The van der Waals surface area contributed by atoms with E-state index in [2.05, 4.69) is 18.9 Å². The molecule has 1 aromatic heterocycles. The van der Waals surface area contributed by atoms with E-state index in [0.717, 1.165) is 30.5 Å². The van der Waals surface area contributed by atoms with Crippen LogP contribution < -0.4 is 0 Å². The maximum atomic E-state index is 11.1. The van der Waals surface area contributed by atoms with Crippen LogP contribution in [0.4, 0.5) is 0 Å². The van der Waals surface area contributed by atoms with Crippen LogP contribution in [0.25, 0.3) is 0 Å². The van der Waals surface area contributed by atoms with Crippen LogP contribution in [-0.4, -0.2) is 16.1 Å². The molecule has 1 saturated carbocycles. The molecule has 1 fully saturated rings. The molecule has 0 aliphatic heterocycles. The Labute approximate surface area is 103 Å². The van der Waals surface area contributed by atoms with Crippen LogP contribution in [0.2, 0.25) is 0 Å². The molecular weight excluding hydrogens is 212 g/mol. The van der Waals surface area contributed by atoms with E-state index in [0.29, 0.717) is 11.8 Å². The van der Waals surface area contributed by atoms with Crippen molar-refractivity contribution in [1.29, 1.82) is 0 Å². The molecule has 0 atom stereocenters. The second-order valence-corrected chi connectivity index (χ2v) is 5.51. The average Bonchev–Trinajstić information content (AvgIpc) is 2.94. The van der Waals surface area contributed by atoms with E-state index in [9.17, 15) is 4.79 Å². The lowest BCUT2D eigenvalue weighted by Crippen LogP contribution is -2.03. The summed E-state index contributed by atoms with van der Waals surface area (Å²) in [5.41, 5.74) is 1.85. The van der Waals surface area contributed by atoms with Gasteiger partial charge in [0.15, 0.2) is 6.29 Å². The lowest BCUT2D eigenvalue weighted by molar-refractivity contribution is 0.112. The predicted octanol–water partition coefficient (Wildman–Crippen LogP) is 3.40. The van der Waals surface area contributed by atoms with Crippen molar-refractivity contribution >= 4 is 6.29 Å². The molecule has 2 rings (SSSR count). The Bertz CT molecular complexity index is 376. The minimum Gasteiger partial charge on any atom is -0.298 e. The molecule has 0 spiro atoms. The van der Waals surface area contributed by atoms with Crippen LogP contribution in [0.5, 0.6) is 0 Å². The van der Waals surface area contributed by atoms with Crippen molar-refractivity contribution in [2.45, 2.75) is 58.4 Å². The SMILES string of the molecule is CC(C)CCn1cc(C=O)c(C2CCCC2)n1. The summed E-state index contributed by atoms with van der Waals surface area (Å²) in [6, 6.07) is 0. The van der Waals surface area contributed by atoms with Gasteiger partial charge in [-0.05, 0) is 25.2 Å². The topological polar surface area (TPSA) is 34.9 Å². The quantitative estimate of drug-likeness (QED) is 0.732. The van der Waals surface area contributed by atoms with Gasteiger partial charge in [-0.2, -0.15) is 5.10 Å². The Morgan fingerprint density at radius 2 is 2.18 bits per heavy atom. The van der Waals surface area contributed by atoms with Crippen LogP contribution in [0.15, 0.2) is 6.20 Å². The molecule has 0 radical (unpaired) electrons. The summed E-state index contributed by atoms with van der Waals surface area (Å²) in [6.45, 7) is 5.34.